The third kappa shape index (κ3) is 5.65. The molecule has 0 aliphatic carbocycles. The first kappa shape index (κ1) is 18.0. The van der Waals surface area contributed by atoms with Crippen LogP contribution in [0.15, 0.2) is 24.3 Å². The van der Waals surface area contributed by atoms with E-state index >= 15 is 0 Å². The van der Waals surface area contributed by atoms with Crippen LogP contribution in [0.4, 0.5) is 5.69 Å². The number of carbonyl (C=O) groups excluding carboxylic acids is 1. The van der Waals surface area contributed by atoms with Gasteiger partial charge in [0.15, 0.2) is 0 Å². The fourth-order valence-corrected chi connectivity index (χ4v) is 3.27. The topological polar surface area (TPSA) is 23.6 Å². The molecule has 0 atom stereocenters. The van der Waals surface area contributed by atoms with E-state index in [-0.39, 0.29) is 5.91 Å². The minimum Gasteiger partial charge on any atom is -0.312 e. The third-order valence-corrected chi connectivity index (χ3v) is 4.69. The summed E-state index contributed by atoms with van der Waals surface area (Å²) in [4.78, 5) is 16.7. The minimum absolute atomic E-state index is 0.158. The molecule has 1 aromatic carbocycles. The number of fused-ring (bicyclic) bond motifs is 1. The van der Waals surface area contributed by atoms with Crippen LogP contribution in [0, 0.1) is 5.92 Å². The van der Waals surface area contributed by atoms with Gasteiger partial charge in [-0.15, -0.1) is 0 Å². The fraction of sp³-hybridized carbons (Fsp3) is 0.650. The van der Waals surface area contributed by atoms with Crippen molar-refractivity contribution in [3.63, 3.8) is 0 Å². The van der Waals surface area contributed by atoms with Crippen LogP contribution in [0.1, 0.15) is 58.4 Å². The van der Waals surface area contributed by atoms with Crippen LogP contribution < -0.4 is 4.90 Å². The van der Waals surface area contributed by atoms with Crippen molar-refractivity contribution in [3.05, 3.63) is 29.8 Å². The molecule has 3 nitrogen and oxygen atoms in total. The second-order valence-corrected chi connectivity index (χ2v) is 7.17. The highest BCUT2D eigenvalue weighted by molar-refractivity contribution is 5.92. The summed E-state index contributed by atoms with van der Waals surface area (Å²) in [7, 11) is 0. The molecule has 2 rings (SSSR count). The summed E-state index contributed by atoms with van der Waals surface area (Å²) in [5, 5.41) is 0. The molecule has 128 valence electrons. The van der Waals surface area contributed by atoms with Crippen LogP contribution >= 0.6 is 0 Å². The van der Waals surface area contributed by atoms with E-state index < -0.39 is 0 Å². The predicted octanol–water partition coefficient (Wildman–Crippen LogP) is 4.46. The van der Waals surface area contributed by atoms with Crippen LogP contribution in [-0.4, -0.2) is 30.4 Å². The van der Waals surface area contributed by atoms with E-state index in [2.05, 4.69) is 36.9 Å². The normalized spacial score (nSPS) is 17.7. The summed E-state index contributed by atoms with van der Waals surface area (Å²) < 4.78 is 0. The Hall–Kier alpha value is -1.35. The van der Waals surface area contributed by atoms with Crippen molar-refractivity contribution in [1.82, 2.24) is 4.90 Å². The summed E-state index contributed by atoms with van der Waals surface area (Å²) in [6.45, 7) is 10.4. The lowest BCUT2D eigenvalue weighted by Gasteiger charge is -2.27. The number of carbonyl (C=O) groups is 1. The number of rotatable bonds is 3. The number of nitrogens with zero attached hydrogens (tertiary/aromatic N) is 2. The Bertz CT molecular complexity index is 498. The molecule has 1 heterocycles. The molecule has 0 bridgehead atoms. The lowest BCUT2D eigenvalue weighted by Crippen LogP contribution is -2.32. The van der Waals surface area contributed by atoms with Gasteiger partial charge >= 0.3 is 0 Å². The van der Waals surface area contributed by atoms with Crippen molar-refractivity contribution in [2.75, 3.05) is 24.5 Å². The van der Waals surface area contributed by atoms with Crippen molar-refractivity contribution < 1.29 is 4.79 Å². The fourth-order valence-electron chi connectivity index (χ4n) is 3.27. The van der Waals surface area contributed by atoms with Crippen molar-refractivity contribution >= 4 is 11.6 Å². The maximum Gasteiger partial charge on any atom is 0.223 e. The molecule has 0 saturated carbocycles. The zero-order valence-electron chi connectivity index (χ0n) is 15.1. The predicted molar refractivity (Wildman–Crippen MR) is 97.7 cm³/mol. The lowest BCUT2D eigenvalue weighted by atomic mass is 10.1. The second-order valence-electron chi connectivity index (χ2n) is 7.17. The molecular formula is C20H32N2O. The quantitative estimate of drug-likeness (QED) is 0.822. The van der Waals surface area contributed by atoms with Gasteiger partial charge in [0.05, 0.1) is 0 Å². The summed E-state index contributed by atoms with van der Waals surface area (Å²) in [5.41, 5.74) is 2.39. The van der Waals surface area contributed by atoms with Gasteiger partial charge in [-0.2, -0.15) is 0 Å². The Morgan fingerprint density at radius 2 is 1.78 bits per heavy atom. The molecule has 1 aliphatic rings. The van der Waals surface area contributed by atoms with Gasteiger partial charge in [0.2, 0.25) is 5.91 Å². The zero-order chi connectivity index (χ0) is 16.7. The average Bonchev–Trinajstić information content (AvgIpc) is 2.55. The first-order valence-electron chi connectivity index (χ1n) is 9.16. The molecule has 1 aromatic rings. The molecule has 0 N–H and O–H groups in total. The Kier molecular flexibility index (Phi) is 7.10. The standard InChI is InChI=1S/C20H32N2O/c1-17(2)12-15-21-13-8-4-5-9-14-22(18(3)23)20-11-7-6-10-19(20)16-21/h6-7,10-11,17H,4-5,8-9,12-16H2,1-3H3. The Morgan fingerprint density at radius 3 is 2.48 bits per heavy atom. The van der Waals surface area contributed by atoms with Gasteiger partial charge < -0.3 is 4.90 Å². The molecular weight excluding hydrogens is 284 g/mol. The van der Waals surface area contributed by atoms with E-state index in [4.69, 9.17) is 0 Å². The summed E-state index contributed by atoms with van der Waals surface area (Å²) >= 11 is 0. The van der Waals surface area contributed by atoms with Crippen molar-refractivity contribution in [1.29, 1.82) is 0 Å². The van der Waals surface area contributed by atoms with Gasteiger partial charge in [-0.1, -0.05) is 44.9 Å². The number of amides is 1. The minimum atomic E-state index is 0.158. The van der Waals surface area contributed by atoms with E-state index in [9.17, 15) is 4.79 Å². The second kappa shape index (κ2) is 9.07. The summed E-state index contributed by atoms with van der Waals surface area (Å²) in [6, 6.07) is 8.44. The molecule has 0 radical (unpaired) electrons. The van der Waals surface area contributed by atoms with Crippen molar-refractivity contribution in [2.45, 2.75) is 59.4 Å². The SMILES string of the molecule is CC(=O)N1CCCCCCN(CCC(C)C)Cc2ccccc21. The molecule has 1 amide bonds. The number of benzene rings is 1. The first-order chi connectivity index (χ1) is 11.1. The third-order valence-electron chi connectivity index (χ3n) is 4.69. The molecule has 0 unspecified atom stereocenters. The highest BCUT2D eigenvalue weighted by atomic mass is 16.2. The van der Waals surface area contributed by atoms with E-state index in [1.807, 2.05) is 11.0 Å². The van der Waals surface area contributed by atoms with Gasteiger partial charge in [-0.3, -0.25) is 9.69 Å². The molecule has 1 aliphatic heterocycles. The van der Waals surface area contributed by atoms with Crippen LogP contribution in [-0.2, 0) is 11.3 Å². The molecule has 3 heteroatoms. The van der Waals surface area contributed by atoms with Crippen LogP contribution in [0.3, 0.4) is 0 Å². The van der Waals surface area contributed by atoms with Gasteiger partial charge in [0.1, 0.15) is 0 Å². The Balaban J connectivity index is 2.23. The van der Waals surface area contributed by atoms with E-state index in [1.54, 1.807) is 6.92 Å². The van der Waals surface area contributed by atoms with Gasteiger partial charge in [0, 0.05) is 25.7 Å². The smallest absolute Gasteiger partial charge is 0.223 e. The Morgan fingerprint density at radius 1 is 1.09 bits per heavy atom. The van der Waals surface area contributed by atoms with E-state index in [0.29, 0.717) is 0 Å². The molecule has 0 aromatic heterocycles. The van der Waals surface area contributed by atoms with Crippen LogP contribution in [0.5, 0.6) is 0 Å². The monoisotopic (exact) mass is 316 g/mol. The first-order valence-corrected chi connectivity index (χ1v) is 9.16. The number of hydrogen-bond acceptors (Lipinski definition) is 2. The zero-order valence-corrected chi connectivity index (χ0v) is 15.1. The summed E-state index contributed by atoms with van der Waals surface area (Å²) in [6.07, 6.45) is 6.07. The Labute approximate surface area is 141 Å². The van der Waals surface area contributed by atoms with Crippen LogP contribution in [0.2, 0.25) is 0 Å². The maximum atomic E-state index is 12.1. The number of para-hydroxylation sites is 1. The molecule has 0 saturated heterocycles. The molecule has 0 fully saturated rings. The molecule has 0 spiro atoms. The average molecular weight is 316 g/mol. The molecule has 23 heavy (non-hydrogen) atoms. The highest BCUT2D eigenvalue weighted by Gasteiger charge is 2.17. The maximum absolute atomic E-state index is 12.1. The number of hydrogen-bond donors (Lipinski definition) is 0. The van der Waals surface area contributed by atoms with Gasteiger partial charge in [-0.05, 0) is 49.9 Å². The van der Waals surface area contributed by atoms with E-state index in [1.165, 1.54) is 37.8 Å². The van der Waals surface area contributed by atoms with Gasteiger partial charge in [-0.25, -0.2) is 0 Å². The van der Waals surface area contributed by atoms with Crippen molar-refractivity contribution in [3.8, 4) is 0 Å². The van der Waals surface area contributed by atoms with Crippen molar-refractivity contribution in [2.24, 2.45) is 5.92 Å². The van der Waals surface area contributed by atoms with Crippen LogP contribution in [0.25, 0.3) is 0 Å². The largest absolute Gasteiger partial charge is 0.312 e. The van der Waals surface area contributed by atoms with E-state index in [0.717, 1.165) is 37.7 Å². The highest BCUT2D eigenvalue weighted by Crippen LogP contribution is 2.24. The summed E-state index contributed by atoms with van der Waals surface area (Å²) in [5.74, 6) is 0.891. The number of anilines is 1. The van der Waals surface area contributed by atoms with Gasteiger partial charge in [0.25, 0.3) is 0 Å². The lowest BCUT2D eigenvalue weighted by molar-refractivity contribution is -0.116.